The number of amides is 2. The molecule has 0 fully saturated rings. The van der Waals surface area contributed by atoms with Gasteiger partial charge < -0.3 is 15.0 Å². The second-order valence-corrected chi connectivity index (χ2v) is 11.3. The quantitative estimate of drug-likeness (QED) is 0.414. The van der Waals surface area contributed by atoms with Crippen molar-refractivity contribution in [1.82, 2.24) is 10.2 Å². The molecule has 8 nitrogen and oxygen atoms in total. The molecule has 0 spiro atoms. The van der Waals surface area contributed by atoms with E-state index in [0.717, 1.165) is 22.5 Å². The molecule has 2 aromatic carbocycles. The lowest BCUT2D eigenvalue weighted by Crippen LogP contribution is -2.53. The number of nitrogens with one attached hydrogen (secondary N) is 1. The number of hydrogen-bond donors (Lipinski definition) is 1. The van der Waals surface area contributed by atoms with Crippen molar-refractivity contribution >= 4 is 50.7 Å². The fourth-order valence-corrected chi connectivity index (χ4v) is 4.74. The zero-order chi connectivity index (χ0) is 27.0. The Morgan fingerprint density at radius 1 is 1.03 bits per heavy atom. The summed E-state index contributed by atoms with van der Waals surface area (Å²) in [6.07, 6.45) is 2.06. The van der Waals surface area contributed by atoms with Crippen LogP contribution in [0.3, 0.4) is 0 Å². The predicted molar refractivity (Wildman–Crippen MR) is 144 cm³/mol. The standard InChI is InChI=1S/C25H33Cl2N3O5S/c1-6-17(3)28-25(32)21(7-2)29(15-18-8-10-19(26)11-9-18)24(31)16-30(36(5,33)34)22-14-20(27)12-13-23(22)35-4/h8-14,17,21H,6-7,15-16H2,1-5H3,(H,28,32)/t17-,21+/m0/s1. The van der Waals surface area contributed by atoms with Crippen LogP contribution in [0.4, 0.5) is 5.69 Å². The first-order valence-corrected chi connectivity index (χ1v) is 14.2. The molecular weight excluding hydrogens is 525 g/mol. The first-order valence-electron chi connectivity index (χ1n) is 11.6. The summed E-state index contributed by atoms with van der Waals surface area (Å²) in [5.74, 6) is -0.618. The first kappa shape index (κ1) is 29.7. The van der Waals surface area contributed by atoms with Gasteiger partial charge in [0.05, 0.1) is 19.1 Å². The van der Waals surface area contributed by atoms with Gasteiger partial charge in [0.15, 0.2) is 0 Å². The van der Waals surface area contributed by atoms with Crippen LogP contribution in [0.25, 0.3) is 0 Å². The molecule has 2 amide bonds. The molecule has 2 atom stereocenters. The maximum atomic E-state index is 13.7. The summed E-state index contributed by atoms with van der Waals surface area (Å²) in [6, 6.07) is 10.5. The van der Waals surface area contributed by atoms with E-state index in [9.17, 15) is 18.0 Å². The molecule has 0 aliphatic rings. The Kier molecular flexibility index (Phi) is 10.9. The zero-order valence-electron chi connectivity index (χ0n) is 21.1. The SMILES string of the molecule is CC[C@H](C(=O)N[C@@H](C)CC)N(Cc1ccc(Cl)cc1)C(=O)CN(c1cc(Cl)ccc1OC)S(C)(=O)=O. The van der Waals surface area contributed by atoms with Crippen LogP contribution < -0.4 is 14.4 Å². The number of benzene rings is 2. The Labute approximate surface area is 223 Å². The van der Waals surface area contributed by atoms with Crippen molar-refractivity contribution in [2.75, 3.05) is 24.2 Å². The van der Waals surface area contributed by atoms with Crippen LogP contribution in [-0.4, -0.2) is 57.1 Å². The van der Waals surface area contributed by atoms with Crippen molar-refractivity contribution in [3.8, 4) is 5.75 Å². The summed E-state index contributed by atoms with van der Waals surface area (Å²) in [4.78, 5) is 28.3. The van der Waals surface area contributed by atoms with Crippen molar-refractivity contribution in [3.05, 3.63) is 58.1 Å². The molecule has 0 heterocycles. The summed E-state index contributed by atoms with van der Waals surface area (Å²) in [5.41, 5.74) is 0.873. The molecule has 0 aromatic heterocycles. The predicted octanol–water partition coefficient (Wildman–Crippen LogP) is 4.49. The van der Waals surface area contributed by atoms with Gasteiger partial charge >= 0.3 is 0 Å². The average Bonchev–Trinajstić information content (AvgIpc) is 2.82. The fraction of sp³-hybridized carbons (Fsp3) is 0.440. The molecule has 0 aliphatic carbocycles. The van der Waals surface area contributed by atoms with Crippen LogP contribution in [-0.2, 0) is 26.2 Å². The lowest BCUT2D eigenvalue weighted by atomic mass is 10.1. The van der Waals surface area contributed by atoms with Crippen LogP contribution in [0.15, 0.2) is 42.5 Å². The van der Waals surface area contributed by atoms with Gasteiger partial charge in [-0.05, 0) is 55.7 Å². The van der Waals surface area contributed by atoms with E-state index in [2.05, 4.69) is 5.32 Å². The molecule has 0 bridgehead atoms. The topological polar surface area (TPSA) is 96.0 Å². The number of halogens is 2. The van der Waals surface area contributed by atoms with E-state index < -0.39 is 28.5 Å². The molecule has 198 valence electrons. The highest BCUT2D eigenvalue weighted by Crippen LogP contribution is 2.33. The third-order valence-corrected chi connectivity index (χ3v) is 7.36. The van der Waals surface area contributed by atoms with Gasteiger partial charge in [-0.25, -0.2) is 8.42 Å². The van der Waals surface area contributed by atoms with Gasteiger partial charge in [0.2, 0.25) is 21.8 Å². The number of ether oxygens (including phenoxy) is 1. The third-order valence-electron chi connectivity index (χ3n) is 5.74. The van der Waals surface area contributed by atoms with Crippen LogP contribution >= 0.6 is 23.2 Å². The van der Waals surface area contributed by atoms with E-state index in [4.69, 9.17) is 27.9 Å². The van der Waals surface area contributed by atoms with E-state index in [0.29, 0.717) is 11.4 Å². The number of carbonyl (C=O) groups is 2. The Balaban J connectivity index is 2.50. The Bertz CT molecular complexity index is 1160. The highest BCUT2D eigenvalue weighted by molar-refractivity contribution is 7.92. The smallest absolute Gasteiger partial charge is 0.244 e. The van der Waals surface area contributed by atoms with E-state index in [-0.39, 0.29) is 35.0 Å². The highest BCUT2D eigenvalue weighted by Gasteiger charge is 2.33. The van der Waals surface area contributed by atoms with Crippen LogP contribution in [0.1, 0.15) is 39.2 Å². The summed E-state index contributed by atoms with van der Waals surface area (Å²) < 4.78 is 31.8. The van der Waals surface area contributed by atoms with Gasteiger partial charge in [-0.15, -0.1) is 0 Å². The minimum Gasteiger partial charge on any atom is -0.495 e. The lowest BCUT2D eigenvalue weighted by Gasteiger charge is -2.33. The van der Waals surface area contributed by atoms with E-state index in [1.165, 1.54) is 24.1 Å². The van der Waals surface area contributed by atoms with E-state index >= 15 is 0 Å². The Morgan fingerprint density at radius 2 is 1.64 bits per heavy atom. The van der Waals surface area contributed by atoms with Gasteiger partial charge in [0, 0.05) is 22.6 Å². The number of nitrogens with zero attached hydrogens (tertiary/aromatic N) is 2. The Morgan fingerprint density at radius 3 is 2.17 bits per heavy atom. The van der Waals surface area contributed by atoms with E-state index in [1.54, 1.807) is 37.3 Å². The maximum absolute atomic E-state index is 13.7. The molecule has 11 heteroatoms. The lowest BCUT2D eigenvalue weighted by molar-refractivity contribution is -0.140. The number of rotatable bonds is 12. The van der Waals surface area contributed by atoms with Crippen molar-refractivity contribution in [2.24, 2.45) is 0 Å². The first-order chi connectivity index (χ1) is 16.9. The molecule has 0 saturated heterocycles. The normalized spacial score (nSPS) is 13.0. The van der Waals surface area contributed by atoms with Gasteiger partial charge in [0.1, 0.15) is 18.3 Å². The van der Waals surface area contributed by atoms with Gasteiger partial charge in [-0.1, -0.05) is 49.2 Å². The van der Waals surface area contributed by atoms with Crippen molar-refractivity contribution in [2.45, 2.75) is 52.2 Å². The summed E-state index contributed by atoms with van der Waals surface area (Å²) >= 11 is 12.1. The van der Waals surface area contributed by atoms with Crippen LogP contribution in [0, 0.1) is 0 Å². The third kappa shape index (κ3) is 8.01. The molecule has 0 radical (unpaired) electrons. The second-order valence-electron chi connectivity index (χ2n) is 8.48. The molecule has 0 aliphatic heterocycles. The van der Waals surface area contributed by atoms with E-state index in [1.807, 2.05) is 13.8 Å². The minimum absolute atomic E-state index is 0.0812. The number of carbonyl (C=O) groups excluding carboxylic acids is 2. The summed E-state index contributed by atoms with van der Waals surface area (Å²) in [6.45, 7) is 5.18. The molecule has 2 rings (SSSR count). The molecule has 0 saturated carbocycles. The molecule has 36 heavy (non-hydrogen) atoms. The van der Waals surface area contributed by atoms with Gasteiger partial charge in [-0.2, -0.15) is 0 Å². The minimum atomic E-state index is -3.92. The number of sulfonamides is 1. The molecule has 0 unspecified atom stereocenters. The summed E-state index contributed by atoms with van der Waals surface area (Å²) in [7, 11) is -2.52. The molecule has 1 N–H and O–H groups in total. The van der Waals surface area contributed by atoms with Gasteiger partial charge in [-0.3, -0.25) is 13.9 Å². The molecule has 2 aromatic rings. The maximum Gasteiger partial charge on any atom is 0.244 e. The van der Waals surface area contributed by atoms with Crippen molar-refractivity contribution in [3.63, 3.8) is 0 Å². The largest absolute Gasteiger partial charge is 0.495 e. The Hall–Kier alpha value is -2.49. The number of hydrogen-bond acceptors (Lipinski definition) is 5. The van der Waals surface area contributed by atoms with Crippen LogP contribution in [0.2, 0.25) is 10.0 Å². The monoisotopic (exact) mass is 557 g/mol. The second kappa shape index (κ2) is 13.2. The highest BCUT2D eigenvalue weighted by atomic mass is 35.5. The number of anilines is 1. The van der Waals surface area contributed by atoms with Crippen LogP contribution in [0.5, 0.6) is 5.75 Å². The summed E-state index contributed by atoms with van der Waals surface area (Å²) in [5, 5.41) is 3.75. The average molecular weight is 559 g/mol. The van der Waals surface area contributed by atoms with Crippen molar-refractivity contribution < 1.29 is 22.7 Å². The van der Waals surface area contributed by atoms with Gasteiger partial charge in [0.25, 0.3) is 0 Å². The fourth-order valence-electron chi connectivity index (χ4n) is 3.60. The zero-order valence-corrected chi connectivity index (χ0v) is 23.5. The molecular formula is C25H33Cl2N3O5S. The van der Waals surface area contributed by atoms with Crippen molar-refractivity contribution in [1.29, 1.82) is 0 Å². The number of methoxy groups -OCH3 is 1.